The van der Waals surface area contributed by atoms with Crippen molar-refractivity contribution in [3.05, 3.63) is 59.3 Å². The van der Waals surface area contributed by atoms with E-state index in [2.05, 4.69) is 22.8 Å². The number of nitriles is 1. The van der Waals surface area contributed by atoms with Crippen molar-refractivity contribution in [3.8, 4) is 17.2 Å². The number of aromatic amines is 1. The number of carbonyl (C=O) groups excluding carboxylic acids is 2. The lowest BCUT2D eigenvalue weighted by atomic mass is 9.95. The lowest BCUT2D eigenvalue weighted by Crippen LogP contribution is -2.30. The van der Waals surface area contributed by atoms with Crippen LogP contribution in [0.2, 0.25) is 0 Å². The third-order valence-electron chi connectivity index (χ3n) is 4.91. The molecular weight excluding hydrogens is 356 g/mol. The van der Waals surface area contributed by atoms with Crippen molar-refractivity contribution >= 4 is 28.4 Å². The topological polar surface area (TPSA) is 142 Å². The molecule has 0 fully saturated rings. The number of primary amides is 1. The second-order valence-electron chi connectivity index (χ2n) is 6.63. The number of nitrogen functional groups attached to an aromatic ring is 1. The number of carbonyl (C=O) groups is 2. The highest BCUT2D eigenvalue weighted by molar-refractivity contribution is 6.06. The van der Waals surface area contributed by atoms with Gasteiger partial charge in [-0.3, -0.25) is 14.7 Å². The number of nitrogens with zero attached hydrogens (tertiary/aromatic N) is 3. The van der Waals surface area contributed by atoms with Gasteiger partial charge < -0.3 is 16.4 Å². The van der Waals surface area contributed by atoms with Gasteiger partial charge in [-0.25, -0.2) is 0 Å². The predicted molar refractivity (Wildman–Crippen MR) is 104 cm³/mol. The van der Waals surface area contributed by atoms with Crippen LogP contribution in [0.5, 0.6) is 0 Å². The minimum absolute atomic E-state index is 0.0427. The van der Waals surface area contributed by atoms with E-state index in [-0.39, 0.29) is 24.6 Å². The van der Waals surface area contributed by atoms with Crippen molar-refractivity contribution in [2.45, 2.75) is 6.54 Å². The maximum atomic E-state index is 12.8. The van der Waals surface area contributed by atoms with E-state index >= 15 is 0 Å². The number of fused-ring (bicyclic) bond motifs is 2. The lowest BCUT2D eigenvalue weighted by molar-refractivity contribution is -0.114. The molecule has 1 aliphatic heterocycles. The molecule has 2 aromatic carbocycles. The Bertz CT molecular complexity index is 1220. The van der Waals surface area contributed by atoms with Crippen LogP contribution >= 0.6 is 0 Å². The fourth-order valence-corrected chi connectivity index (χ4v) is 3.48. The van der Waals surface area contributed by atoms with Crippen LogP contribution in [0.4, 0.5) is 5.69 Å². The molecule has 0 radical (unpaired) electrons. The summed E-state index contributed by atoms with van der Waals surface area (Å²) in [6, 6.07) is 11.2. The van der Waals surface area contributed by atoms with Gasteiger partial charge in [0.15, 0.2) is 5.69 Å². The van der Waals surface area contributed by atoms with E-state index in [0.717, 1.165) is 22.2 Å². The van der Waals surface area contributed by atoms with Crippen LogP contribution < -0.4 is 11.5 Å². The van der Waals surface area contributed by atoms with Crippen LogP contribution in [-0.4, -0.2) is 33.5 Å². The zero-order chi connectivity index (χ0) is 20.0. The standard InChI is InChI=1S/C20H16N6O2/c1-10(19(23)27)8-26-9-14-12(3-4-15(22)18(14)20(26)28)11-2-5-16-13(6-11)17(7-21)25-24-16/h2-6H,1,8-9,22H2,(H2,23,27)(H,24,25). The van der Waals surface area contributed by atoms with Crippen LogP contribution in [0.3, 0.4) is 0 Å². The van der Waals surface area contributed by atoms with Crippen molar-refractivity contribution < 1.29 is 9.59 Å². The smallest absolute Gasteiger partial charge is 0.256 e. The molecule has 1 aliphatic rings. The number of hydrogen-bond acceptors (Lipinski definition) is 5. The largest absolute Gasteiger partial charge is 0.398 e. The third-order valence-corrected chi connectivity index (χ3v) is 4.91. The molecule has 0 spiro atoms. The molecule has 138 valence electrons. The first-order valence-electron chi connectivity index (χ1n) is 8.47. The monoisotopic (exact) mass is 372 g/mol. The van der Waals surface area contributed by atoms with Crippen molar-refractivity contribution in [3.63, 3.8) is 0 Å². The van der Waals surface area contributed by atoms with E-state index < -0.39 is 5.91 Å². The first kappa shape index (κ1) is 17.3. The summed E-state index contributed by atoms with van der Waals surface area (Å²) in [5.74, 6) is -0.912. The quantitative estimate of drug-likeness (QED) is 0.472. The highest BCUT2D eigenvalue weighted by Gasteiger charge is 2.32. The van der Waals surface area contributed by atoms with Gasteiger partial charge in [0.05, 0.1) is 17.6 Å². The van der Waals surface area contributed by atoms with Gasteiger partial charge >= 0.3 is 0 Å². The van der Waals surface area contributed by atoms with Crippen molar-refractivity contribution in [2.24, 2.45) is 5.73 Å². The normalized spacial score (nSPS) is 12.8. The number of amides is 2. The third kappa shape index (κ3) is 2.57. The van der Waals surface area contributed by atoms with E-state index in [9.17, 15) is 14.9 Å². The average molecular weight is 372 g/mol. The molecular formula is C20H16N6O2. The minimum Gasteiger partial charge on any atom is -0.398 e. The van der Waals surface area contributed by atoms with Crippen LogP contribution in [0.25, 0.3) is 22.0 Å². The average Bonchev–Trinajstić information content (AvgIpc) is 3.23. The highest BCUT2D eigenvalue weighted by Crippen LogP contribution is 2.37. The zero-order valence-electron chi connectivity index (χ0n) is 14.8. The van der Waals surface area contributed by atoms with Crippen molar-refractivity contribution in [1.82, 2.24) is 15.1 Å². The van der Waals surface area contributed by atoms with Crippen molar-refractivity contribution in [1.29, 1.82) is 5.26 Å². The summed E-state index contributed by atoms with van der Waals surface area (Å²) in [5.41, 5.74) is 15.7. The number of nitrogens with one attached hydrogen (secondary N) is 1. The van der Waals surface area contributed by atoms with Gasteiger partial charge in [0.1, 0.15) is 6.07 Å². The SMILES string of the molecule is C=C(CN1Cc2c(-c3ccc4[nH]nc(C#N)c4c3)ccc(N)c2C1=O)C(N)=O. The van der Waals surface area contributed by atoms with Crippen LogP contribution in [0, 0.1) is 11.3 Å². The summed E-state index contributed by atoms with van der Waals surface area (Å²) < 4.78 is 0. The molecule has 8 heteroatoms. The second kappa shape index (κ2) is 6.25. The molecule has 0 saturated heterocycles. The summed E-state index contributed by atoms with van der Waals surface area (Å²) in [4.78, 5) is 25.6. The number of H-pyrrole nitrogens is 1. The van der Waals surface area contributed by atoms with E-state index in [1.165, 1.54) is 4.90 Å². The van der Waals surface area contributed by atoms with Gasteiger partial charge in [-0.15, -0.1) is 0 Å². The first-order valence-corrected chi connectivity index (χ1v) is 8.47. The summed E-state index contributed by atoms with van der Waals surface area (Å²) in [6.07, 6.45) is 0. The van der Waals surface area contributed by atoms with Gasteiger partial charge in [-0.2, -0.15) is 10.4 Å². The van der Waals surface area contributed by atoms with Gasteiger partial charge in [0.2, 0.25) is 5.91 Å². The van der Waals surface area contributed by atoms with E-state index in [4.69, 9.17) is 11.5 Å². The Labute approximate surface area is 160 Å². The summed E-state index contributed by atoms with van der Waals surface area (Å²) in [5, 5.41) is 16.7. The molecule has 0 saturated carbocycles. The molecule has 28 heavy (non-hydrogen) atoms. The van der Waals surface area contributed by atoms with Gasteiger partial charge in [-0.05, 0) is 34.9 Å². The van der Waals surface area contributed by atoms with Gasteiger partial charge in [-0.1, -0.05) is 18.7 Å². The van der Waals surface area contributed by atoms with Gasteiger partial charge in [0.25, 0.3) is 5.91 Å². The highest BCUT2D eigenvalue weighted by atomic mass is 16.2. The van der Waals surface area contributed by atoms with Crippen LogP contribution in [0.15, 0.2) is 42.5 Å². The number of aromatic nitrogens is 2. The molecule has 5 N–H and O–H groups in total. The Hall–Kier alpha value is -4.12. The Balaban J connectivity index is 1.81. The Kier molecular flexibility index (Phi) is 3.86. The zero-order valence-corrected chi connectivity index (χ0v) is 14.8. The molecule has 0 aliphatic carbocycles. The Morgan fingerprint density at radius 1 is 1.36 bits per heavy atom. The first-order chi connectivity index (χ1) is 13.4. The van der Waals surface area contributed by atoms with Crippen LogP contribution in [0.1, 0.15) is 21.6 Å². The lowest BCUT2D eigenvalue weighted by Gasteiger charge is -2.15. The molecule has 1 aromatic heterocycles. The predicted octanol–water partition coefficient (Wildman–Crippen LogP) is 1.68. The Morgan fingerprint density at radius 3 is 2.86 bits per heavy atom. The maximum Gasteiger partial charge on any atom is 0.256 e. The fraction of sp³-hybridized carbons (Fsp3) is 0.100. The second-order valence-corrected chi connectivity index (χ2v) is 6.63. The fourth-order valence-electron chi connectivity index (χ4n) is 3.48. The molecule has 2 amide bonds. The van der Waals surface area contributed by atoms with E-state index in [1.807, 2.05) is 24.3 Å². The number of benzene rings is 2. The number of hydrogen-bond donors (Lipinski definition) is 3. The molecule has 0 atom stereocenters. The number of rotatable bonds is 4. The molecule has 0 unspecified atom stereocenters. The summed E-state index contributed by atoms with van der Waals surface area (Å²) >= 11 is 0. The number of anilines is 1. The molecule has 4 rings (SSSR count). The molecule has 8 nitrogen and oxygen atoms in total. The molecule has 0 bridgehead atoms. The van der Waals surface area contributed by atoms with Crippen molar-refractivity contribution in [2.75, 3.05) is 12.3 Å². The van der Waals surface area contributed by atoms with E-state index in [0.29, 0.717) is 22.3 Å². The molecule has 2 heterocycles. The molecule has 3 aromatic rings. The van der Waals surface area contributed by atoms with Crippen LogP contribution in [-0.2, 0) is 11.3 Å². The summed E-state index contributed by atoms with van der Waals surface area (Å²) in [6.45, 7) is 3.95. The number of nitrogens with two attached hydrogens (primary N) is 2. The minimum atomic E-state index is -0.647. The van der Waals surface area contributed by atoms with E-state index in [1.54, 1.807) is 6.07 Å². The Morgan fingerprint density at radius 2 is 2.14 bits per heavy atom. The maximum absolute atomic E-state index is 12.8. The summed E-state index contributed by atoms with van der Waals surface area (Å²) in [7, 11) is 0. The van der Waals surface area contributed by atoms with Gasteiger partial charge in [0, 0.05) is 23.2 Å².